The van der Waals surface area contributed by atoms with E-state index in [1.54, 1.807) is 12.1 Å². The van der Waals surface area contributed by atoms with Gasteiger partial charge in [-0.2, -0.15) is 0 Å². The first-order chi connectivity index (χ1) is 8.22. The maximum absolute atomic E-state index is 9.38. The molecule has 0 amide bonds. The molecule has 1 aromatic rings. The monoisotopic (exact) mass is 237 g/mol. The lowest BCUT2D eigenvalue weighted by Gasteiger charge is -2.23. The third-order valence-corrected chi connectivity index (χ3v) is 3.08. The van der Waals surface area contributed by atoms with Gasteiger partial charge in [-0.05, 0) is 26.1 Å². The fourth-order valence-corrected chi connectivity index (χ4v) is 2.06. The van der Waals surface area contributed by atoms with Crippen LogP contribution in [-0.2, 0) is 4.74 Å². The number of rotatable bonds is 5. The Balaban J connectivity index is 2.01. The van der Waals surface area contributed by atoms with Crippen LogP contribution in [0.3, 0.4) is 0 Å². The molecule has 17 heavy (non-hydrogen) atoms. The molecule has 0 spiro atoms. The van der Waals surface area contributed by atoms with E-state index in [2.05, 4.69) is 11.9 Å². The maximum Gasteiger partial charge on any atom is 0.127 e. The number of aromatic hydroxyl groups is 1. The molecule has 1 aromatic carbocycles. The van der Waals surface area contributed by atoms with Crippen molar-refractivity contribution < 1.29 is 14.6 Å². The van der Waals surface area contributed by atoms with E-state index in [1.165, 1.54) is 0 Å². The third-order valence-electron chi connectivity index (χ3n) is 3.08. The van der Waals surface area contributed by atoms with E-state index in [4.69, 9.17) is 9.47 Å². The molecule has 1 aliphatic heterocycles. The Hall–Kier alpha value is -1.26. The average Bonchev–Trinajstić information content (AvgIpc) is 2.72. The van der Waals surface area contributed by atoms with Crippen molar-refractivity contribution in [3.05, 3.63) is 23.8 Å². The molecule has 94 valence electrons. The molecule has 0 aromatic heterocycles. The standard InChI is InChI=1S/C13H19NO3/c1-3-16-7-6-14(2)12-9-17-13-8-10(15)4-5-11(12)13/h4-5,8,12,15H,3,6-7,9H2,1-2H3. The van der Waals surface area contributed by atoms with Crippen molar-refractivity contribution in [2.75, 3.05) is 33.4 Å². The van der Waals surface area contributed by atoms with Crippen LogP contribution in [0.5, 0.6) is 11.5 Å². The predicted molar refractivity (Wildman–Crippen MR) is 65.5 cm³/mol. The van der Waals surface area contributed by atoms with Gasteiger partial charge in [-0.1, -0.05) is 0 Å². The van der Waals surface area contributed by atoms with Crippen molar-refractivity contribution >= 4 is 0 Å². The zero-order valence-electron chi connectivity index (χ0n) is 10.3. The van der Waals surface area contributed by atoms with E-state index in [0.29, 0.717) is 6.61 Å². The summed E-state index contributed by atoms with van der Waals surface area (Å²) in [6, 6.07) is 5.56. The molecular formula is C13H19NO3. The minimum atomic E-state index is 0.251. The van der Waals surface area contributed by atoms with Crippen LogP contribution in [0.15, 0.2) is 18.2 Å². The summed E-state index contributed by atoms with van der Waals surface area (Å²) < 4.78 is 10.9. The quantitative estimate of drug-likeness (QED) is 0.793. The first-order valence-corrected chi connectivity index (χ1v) is 5.96. The molecule has 0 radical (unpaired) electrons. The zero-order valence-corrected chi connectivity index (χ0v) is 10.3. The van der Waals surface area contributed by atoms with Crippen LogP contribution in [0.4, 0.5) is 0 Å². The number of phenols is 1. The van der Waals surface area contributed by atoms with Crippen LogP contribution >= 0.6 is 0 Å². The summed E-state index contributed by atoms with van der Waals surface area (Å²) in [5.74, 6) is 1.04. The SMILES string of the molecule is CCOCCN(C)C1COc2cc(O)ccc21. The molecule has 1 atom stereocenters. The second kappa shape index (κ2) is 5.38. The van der Waals surface area contributed by atoms with Crippen molar-refractivity contribution in [2.24, 2.45) is 0 Å². The Morgan fingerprint density at radius 1 is 1.53 bits per heavy atom. The molecule has 4 nitrogen and oxygen atoms in total. The number of likely N-dealkylation sites (N-methyl/N-ethyl adjacent to an activating group) is 1. The maximum atomic E-state index is 9.38. The van der Waals surface area contributed by atoms with Crippen LogP contribution in [0.1, 0.15) is 18.5 Å². The molecule has 0 fully saturated rings. The summed E-state index contributed by atoms with van der Waals surface area (Å²) in [7, 11) is 2.06. The number of ether oxygens (including phenoxy) is 2. The normalized spacial score (nSPS) is 18.2. The Morgan fingerprint density at radius 2 is 2.35 bits per heavy atom. The highest BCUT2D eigenvalue weighted by molar-refractivity contribution is 5.44. The molecule has 4 heteroatoms. The fraction of sp³-hybridized carbons (Fsp3) is 0.538. The van der Waals surface area contributed by atoms with E-state index in [0.717, 1.165) is 31.1 Å². The first-order valence-electron chi connectivity index (χ1n) is 5.96. The van der Waals surface area contributed by atoms with Crippen molar-refractivity contribution in [2.45, 2.75) is 13.0 Å². The van der Waals surface area contributed by atoms with E-state index < -0.39 is 0 Å². The van der Waals surface area contributed by atoms with Crippen molar-refractivity contribution in [3.63, 3.8) is 0 Å². The fourth-order valence-electron chi connectivity index (χ4n) is 2.06. The van der Waals surface area contributed by atoms with E-state index in [1.807, 2.05) is 13.0 Å². The van der Waals surface area contributed by atoms with Gasteiger partial charge in [0.05, 0.1) is 12.6 Å². The lowest BCUT2D eigenvalue weighted by atomic mass is 10.1. The molecule has 1 aliphatic rings. The second-order valence-electron chi connectivity index (χ2n) is 4.23. The molecule has 1 unspecified atom stereocenters. The highest BCUT2D eigenvalue weighted by Crippen LogP contribution is 2.37. The summed E-state index contributed by atoms with van der Waals surface area (Å²) in [4.78, 5) is 2.22. The smallest absolute Gasteiger partial charge is 0.127 e. The Morgan fingerprint density at radius 3 is 3.12 bits per heavy atom. The van der Waals surface area contributed by atoms with Crippen molar-refractivity contribution in [3.8, 4) is 11.5 Å². The molecule has 1 N–H and O–H groups in total. The summed E-state index contributed by atoms with van der Waals surface area (Å²) in [5, 5.41) is 9.38. The van der Waals surface area contributed by atoms with Gasteiger partial charge >= 0.3 is 0 Å². The Kier molecular flexibility index (Phi) is 3.86. The van der Waals surface area contributed by atoms with Gasteiger partial charge in [0.1, 0.15) is 18.1 Å². The van der Waals surface area contributed by atoms with Gasteiger partial charge in [-0.3, -0.25) is 4.90 Å². The molecule has 0 bridgehead atoms. The van der Waals surface area contributed by atoms with Gasteiger partial charge in [0, 0.05) is 24.8 Å². The van der Waals surface area contributed by atoms with Gasteiger partial charge in [0.2, 0.25) is 0 Å². The van der Waals surface area contributed by atoms with Crippen LogP contribution < -0.4 is 4.74 Å². The molecular weight excluding hydrogens is 218 g/mol. The average molecular weight is 237 g/mol. The number of benzene rings is 1. The number of phenolic OH excluding ortho intramolecular Hbond substituents is 1. The number of hydrogen-bond donors (Lipinski definition) is 1. The predicted octanol–water partition coefficient (Wildman–Crippen LogP) is 1.79. The van der Waals surface area contributed by atoms with Crippen LogP contribution in [-0.4, -0.2) is 43.4 Å². The highest BCUT2D eigenvalue weighted by atomic mass is 16.5. The molecule has 2 rings (SSSR count). The zero-order chi connectivity index (χ0) is 12.3. The summed E-state index contributed by atoms with van der Waals surface area (Å²) in [6.45, 7) is 5.00. The van der Waals surface area contributed by atoms with Gasteiger partial charge < -0.3 is 14.6 Å². The minimum Gasteiger partial charge on any atom is -0.508 e. The third kappa shape index (κ3) is 2.70. The second-order valence-corrected chi connectivity index (χ2v) is 4.23. The van der Waals surface area contributed by atoms with Crippen LogP contribution in [0, 0.1) is 0 Å². The van der Waals surface area contributed by atoms with E-state index in [-0.39, 0.29) is 11.8 Å². The van der Waals surface area contributed by atoms with Gasteiger partial charge in [0.25, 0.3) is 0 Å². The number of fused-ring (bicyclic) bond motifs is 1. The van der Waals surface area contributed by atoms with Crippen LogP contribution in [0.25, 0.3) is 0 Å². The summed E-state index contributed by atoms with van der Waals surface area (Å²) in [6.07, 6.45) is 0. The van der Waals surface area contributed by atoms with Gasteiger partial charge in [-0.15, -0.1) is 0 Å². The Bertz CT molecular complexity index is 381. The molecule has 0 aliphatic carbocycles. The van der Waals surface area contributed by atoms with Crippen molar-refractivity contribution in [1.29, 1.82) is 0 Å². The minimum absolute atomic E-state index is 0.251. The Labute approximate surface area is 102 Å². The first kappa shape index (κ1) is 12.2. The van der Waals surface area contributed by atoms with Gasteiger partial charge in [-0.25, -0.2) is 0 Å². The number of nitrogens with zero attached hydrogens (tertiary/aromatic N) is 1. The van der Waals surface area contributed by atoms with Crippen molar-refractivity contribution in [1.82, 2.24) is 4.90 Å². The van der Waals surface area contributed by atoms with E-state index >= 15 is 0 Å². The molecule has 0 saturated carbocycles. The summed E-state index contributed by atoms with van der Waals surface area (Å²) in [5.41, 5.74) is 1.14. The highest BCUT2D eigenvalue weighted by Gasteiger charge is 2.27. The lowest BCUT2D eigenvalue weighted by molar-refractivity contribution is 0.101. The lowest BCUT2D eigenvalue weighted by Crippen LogP contribution is -2.29. The molecule has 0 saturated heterocycles. The van der Waals surface area contributed by atoms with Gasteiger partial charge in [0.15, 0.2) is 0 Å². The topological polar surface area (TPSA) is 41.9 Å². The largest absolute Gasteiger partial charge is 0.508 e. The summed E-state index contributed by atoms with van der Waals surface area (Å²) >= 11 is 0. The number of hydrogen-bond acceptors (Lipinski definition) is 4. The molecule has 1 heterocycles. The van der Waals surface area contributed by atoms with E-state index in [9.17, 15) is 5.11 Å². The van der Waals surface area contributed by atoms with Crippen LogP contribution in [0.2, 0.25) is 0 Å².